The third-order valence-corrected chi connectivity index (χ3v) is 2.83. The van der Waals surface area contributed by atoms with Gasteiger partial charge in [-0.05, 0) is 12.1 Å². The molecule has 1 aromatic rings. The molecule has 18 heavy (non-hydrogen) atoms. The van der Waals surface area contributed by atoms with Crippen molar-refractivity contribution in [2.45, 2.75) is 13.3 Å². The maximum absolute atomic E-state index is 11.9. The zero-order valence-electron chi connectivity index (χ0n) is 10.3. The molecule has 1 atom stereocenters. The van der Waals surface area contributed by atoms with Crippen molar-refractivity contribution in [1.82, 2.24) is 0 Å². The minimum absolute atomic E-state index is 0.157. The molecule has 2 N–H and O–H groups in total. The molecule has 1 aromatic carbocycles. The van der Waals surface area contributed by atoms with Gasteiger partial charge in [0, 0.05) is 24.9 Å². The molecule has 1 saturated heterocycles. The quantitative estimate of drug-likeness (QED) is 0.804. The first-order chi connectivity index (χ1) is 8.63. The van der Waals surface area contributed by atoms with Crippen LogP contribution in [0, 0.1) is 5.92 Å². The van der Waals surface area contributed by atoms with Gasteiger partial charge < -0.3 is 10.5 Å². The van der Waals surface area contributed by atoms with Crippen LogP contribution in [0.15, 0.2) is 24.3 Å². The van der Waals surface area contributed by atoms with Crippen molar-refractivity contribution in [3.63, 3.8) is 0 Å². The molecule has 0 spiro atoms. The number of rotatable bonds is 4. The summed E-state index contributed by atoms with van der Waals surface area (Å²) in [6.07, 6.45) is 0.271. The van der Waals surface area contributed by atoms with Crippen LogP contribution in [0.1, 0.15) is 13.3 Å². The minimum atomic E-state index is -0.244. The second-order valence-corrected chi connectivity index (χ2v) is 4.31. The van der Waals surface area contributed by atoms with Crippen molar-refractivity contribution in [1.29, 1.82) is 0 Å². The van der Waals surface area contributed by atoms with E-state index in [1.165, 1.54) is 4.90 Å². The summed E-state index contributed by atoms with van der Waals surface area (Å²) in [6, 6.07) is 6.94. The zero-order chi connectivity index (χ0) is 13.1. The monoisotopic (exact) mass is 248 g/mol. The number of nitrogens with zero attached hydrogens (tertiary/aromatic N) is 1. The number of imide groups is 1. The lowest BCUT2D eigenvalue weighted by Gasteiger charge is -2.15. The molecule has 0 saturated carbocycles. The maximum Gasteiger partial charge on any atom is 0.237 e. The predicted octanol–water partition coefficient (Wildman–Crippen LogP) is 0.923. The number of hydrogen-bond acceptors (Lipinski definition) is 4. The molecular formula is C13H16N2O3. The van der Waals surface area contributed by atoms with Crippen molar-refractivity contribution < 1.29 is 14.3 Å². The van der Waals surface area contributed by atoms with Crippen molar-refractivity contribution in [2.75, 3.05) is 18.1 Å². The Kier molecular flexibility index (Phi) is 3.62. The normalized spacial score (nSPS) is 19.4. The van der Waals surface area contributed by atoms with Crippen LogP contribution in [0.5, 0.6) is 5.75 Å². The molecule has 1 heterocycles. The van der Waals surface area contributed by atoms with E-state index in [-0.39, 0.29) is 24.2 Å². The molecule has 2 rings (SSSR count). The smallest absolute Gasteiger partial charge is 0.237 e. The Bertz CT molecular complexity index is 473. The van der Waals surface area contributed by atoms with Gasteiger partial charge in [-0.3, -0.25) is 14.5 Å². The van der Waals surface area contributed by atoms with Crippen LogP contribution in [-0.2, 0) is 9.59 Å². The highest BCUT2D eigenvalue weighted by atomic mass is 16.5. The Morgan fingerprint density at radius 2 is 2.22 bits per heavy atom. The molecule has 5 nitrogen and oxygen atoms in total. The second-order valence-electron chi connectivity index (χ2n) is 4.31. The number of carbonyl (C=O) groups excluding carboxylic acids is 2. The molecule has 2 amide bonds. The molecule has 1 aliphatic heterocycles. The lowest BCUT2D eigenvalue weighted by atomic mass is 10.1. The number of anilines is 1. The minimum Gasteiger partial charge on any atom is -0.492 e. The average molecular weight is 248 g/mol. The van der Waals surface area contributed by atoms with Crippen LogP contribution in [0.4, 0.5) is 5.69 Å². The van der Waals surface area contributed by atoms with E-state index in [0.29, 0.717) is 24.6 Å². The Morgan fingerprint density at radius 3 is 2.83 bits per heavy atom. The molecule has 1 unspecified atom stereocenters. The second kappa shape index (κ2) is 5.18. The summed E-state index contributed by atoms with van der Waals surface area (Å²) in [5, 5.41) is 0. The Morgan fingerprint density at radius 1 is 1.44 bits per heavy atom. The molecule has 0 aliphatic carbocycles. The van der Waals surface area contributed by atoms with E-state index in [2.05, 4.69) is 0 Å². The van der Waals surface area contributed by atoms with E-state index in [1.807, 2.05) is 0 Å². The molecule has 1 aliphatic rings. The third-order valence-electron chi connectivity index (χ3n) is 2.83. The van der Waals surface area contributed by atoms with Gasteiger partial charge in [-0.25, -0.2) is 0 Å². The van der Waals surface area contributed by atoms with Gasteiger partial charge in [0.2, 0.25) is 11.8 Å². The highest BCUT2D eigenvalue weighted by Crippen LogP contribution is 2.28. The van der Waals surface area contributed by atoms with Crippen LogP contribution in [0.3, 0.4) is 0 Å². The largest absolute Gasteiger partial charge is 0.492 e. The van der Waals surface area contributed by atoms with Crippen molar-refractivity contribution >= 4 is 17.5 Å². The highest BCUT2D eigenvalue weighted by molar-refractivity contribution is 6.20. The molecule has 0 aromatic heterocycles. The van der Waals surface area contributed by atoms with Crippen LogP contribution < -0.4 is 15.4 Å². The van der Waals surface area contributed by atoms with Gasteiger partial charge >= 0.3 is 0 Å². The van der Waals surface area contributed by atoms with E-state index in [4.69, 9.17) is 10.5 Å². The van der Waals surface area contributed by atoms with E-state index in [0.717, 1.165) is 0 Å². The van der Waals surface area contributed by atoms with Crippen LogP contribution in [-0.4, -0.2) is 25.0 Å². The number of nitrogens with two attached hydrogens (primary N) is 1. The summed E-state index contributed by atoms with van der Waals surface area (Å²) in [4.78, 5) is 24.9. The van der Waals surface area contributed by atoms with Gasteiger partial charge in [0.05, 0.1) is 5.69 Å². The first-order valence-corrected chi connectivity index (χ1v) is 5.93. The maximum atomic E-state index is 11.9. The average Bonchev–Trinajstić information content (AvgIpc) is 2.61. The van der Waals surface area contributed by atoms with Gasteiger partial charge in [0.1, 0.15) is 12.4 Å². The van der Waals surface area contributed by atoms with Crippen molar-refractivity contribution in [3.05, 3.63) is 24.3 Å². The fraction of sp³-hybridized carbons (Fsp3) is 0.385. The summed E-state index contributed by atoms with van der Waals surface area (Å²) in [7, 11) is 0. The lowest BCUT2D eigenvalue weighted by molar-refractivity contribution is -0.122. The van der Waals surface area contributed by atoms with Crippen LogP contribution >= 0.6 is 0 Å². The Labute approximate surface area is 106 Å². The van der Waals surface area contributed by atoms with Gasteiger partial charge in [0.25, 0.3) is 0 Å². The van der Waals surface area contributed by atoms with E-state index in [1.54, 1.807) is 31.2 Å². The molecule has 96 valence electrons. The van der Waals surface area contributed by atoms with Gasteiger partial charge in [-0.15, -0.1) is 0 Å². The van der Waals surface area contributed by atoms with Gasteiger partial charge in [-0.2, -0.15) is 0 Å². The predicted molar refractivity (Wildman–Crippen MR) is 67.3 cm³/mol. The summed E-state index contributed by atoms with van der Waals surface area (Å²) in [6.45, 7) is 2.58. The molecule has 0 bridgehead atoms. The van der Waals surface area contributed by atoms with E-state index >= 15 is 0 Å². The fourth-order valence-corrected chi connectivity index (χ4v) is 1.94. The molecular weight excluding hydrogens is 232 g/mol. The van der Waals surface area contributed by atoms with Gasteiger partial charge in [-0.1, -0.05) is 13.0 Å². The van der Waals surface area contributed by atoms with Gasteiger partial charge in [0.15, 0.2) is 0 Å². The Balaban J connectivity index is 2.23. The number of benzene rings is 1. The number of amides is 2. The SMILES string of the molecule is CC1CC(=O)N(c2cccc(OCCN)c2)C1=O. The topological polar surface area (TPSA) is 72.6 Å². The van der Waals surface area contributed by atoms with E-state index < -0.39 is 0 Å². The standard InChI is InChI=1S/C13H16N2O3/c1-9-7-12(16)15(13(9)17)10-3-2-4-11(8-10)18-6-5-14/h2-4,8-9H,5-7,14H2,1H3. The van der Waals surface area contributed by atoms with Crippen molar-refractivity contribution in [3.8, 4) is 5.75 Å². The summed E-state index contributed by atoms with van der Waals surface area (Å²) < 4.78 is 5.38. The number of carbonyl (C=O) groups is 2. The first-order valence-electron chi connectivity index (χ1n) is 5.93. The highest BCUT2D eigenvalue weighted by Gasteiger charge is 2.36. The summed E-state index contributed by atoms with van der Waals surface area (Å²) in [5.74, 6) is 0.0451. The Hall–Kier alpha value is -1.88. The lowest BCUT2D eigenvalue weighted by Crippen LogP contribution is -2.29. The summed E-state index contributed by atoms with van der Waals surface area (Å²) in [5.41, 5.74) is 5.91. The van der Waals surface area contributed by atoms with Crippen molar-refractivity contribution in [2.24, 2.45) is 11.7 Å². The third kappa shape index (κ3) is 2.36. The number of hydrogen-bond donors (Lipinski definition) is 1. The fourth-order valence-electron chi connectivity index (χ4n) is 1.94. The van der Waals surface area contributed by atoms with Crippen LogP contribution in [0.2, 0.25) is 0 Å². The first kappa shape index (κ1) is 12.6. The molecule has 5 heteroatoms. The van der Waals surface area contributed by atoms with Crippen LogP contribution in [0.25, 0.3) is 0 Å². The summed E-state index contributed by atoms with van der Waals surface area (Å²) >= 11 is 0. The molecule has 1 fully saturated rings. The number of ether oxygens (including phenoxy) is 1. The van der Waals surface area contributed by atoms with E-state index in [9.17, 15) is 9.59 Å². The zero-order valence-corrected chi connectivity index (χ0v) is 10.3. The molecule has 0 radical (unpaired) electrons.